The number of carbonyl (C=O) groups is 1. The van der Waals surface area contributed by atoms with E-state index >= 15 is 0 Å². The number of rotatable bonds is 3. The highest BCUT2D eigenvalue weighted by Crippen LogP contribution is 2.31. The zero-order valence-corrected chi connectivity index (χ0v) is 13.4. The summed E-state index contributed by atoms with van der Waals surface area (Å²) < 4.78 is 1.16. The summed E-state index contributed by atoms with van der Waals surface area (Å²) in [5.74, 6) is 0. The summed E-state index contributed by atoms with van der Waals surface area (Å²) in [7, 11) is 0. The molecule has 1 atom stereocenters. The van der Waals surface area contributed by atoms with Crippen LogP contribution in [0, 0.1) is 3.57 Å². The highest BCUT2D eigenvalue weighted by Gasteiger charge is 2.26. The van der Waals surface area contributed by atoms with E-state index in [1.165, 1.54) is 10.4 Å². The summed E-state index contributed by atoms with van der Waals surface area (Å²) in [6.45, 7) is 1.84. The van der Waals surface area contributed by atoms with E-state index in [1.807, 2.05) is 23.5 Å². The maximum atomic E-state index is 11.6. The maximum Gasteiger partial charge on any atom is 0.141 e. The summed E-state index contributed by atoms with van der Waals surface area (Å²) in [5, 5.41) is 2.15. The second kappa shape index (κ2) is 5.73. The maximum absolute atomic E-state index is 11.6. The third-order valence-corrected chi connectivity index (χ3v) is 5.59. The lowest BCUT2D eigenvalue weighted by molar-refractivity contribution is -0.113. The molecule has 0 unspecified atom stereocenters. The Hall–Kier alpha value is -0.720. The van der Waals surface area contributed by atoms with Crippen molar-refractivity contribution in [1.29, 1.82) is 0 Å². The molecule has 98 valence electrons. The molecule has 0 N–H and O–H groups in total. The van der Waals surface area contributed by atoms with Gasteiger partial charge in [-0.3, -0.25) is 4.90 Å². The summed E-state index contributed by atoms with van der Waals surface area (Å²) in [4.78, 5) is 15.3. The molecular formula is C15H14INOS. The Bertz CT molecular complexity index is 595. The SMILES string of the molecule is O=C[C@@H](c1ccccc1I)N1CCc2sccc2C1. The number of nitrogens with zero attached hydrogens (tertiary/aromatic N) is 1. The van der Waals surface area contributed by atoms with Gasteiger partial charge >= 0.3 is 0 Å². The number of halogens is 1. The van der Waals surface area contributed by atoms with Gasteiger partial charge in [-0.15, -0.1) is 11.3 Å². The fraction of sp³-hybridized carbons (Fsp3) is 0.267. The molecule has 2 heterocycles. The number of thiophene rings is 1. The van der Waals surface area contributed by atoms with E-state index in [0.29, 0.717) is 0 Å². The first-order valence-corrected chi connectivity index (χ1v) is 8.24. The molecule has 2 aromatic rings. The Morgan fingerprint density at radius 2 is 2.16 bits per heavy atom. The van der Waals surface area contributed by atoms with Crippen molar-refractivity contribution in [3.05, 3.63) is 55.3 Å². The predicted octanol–water partition coefficient (Wildman–Crippen LogP) is 3.65. The van der Waals surface area contributed by atoms with Crippen LogP contribution in [0.5, 0.6) is 0 Å². The first-order chi connectivity index (χ1) is 9.29. The Kier molecular flexibility index (Phi) is 4.00. The van der Waals surface area contributed by atoms with Crippen LogP contribution in [0.3, 0.4) is 0 Å². The van der Waals surface area contributed by atoms with Gasteiger partial charge in [-0.2, -0.15) is 0 Å². The molecule has 0 amide bonds. The Balaban J connectivity index is 1.89. The number of benzene rings is 1. The van der Waals surface area contributed by atoms with Crippen LogP contribution in [-0.2, 0) is 17.8 Å². The van der Waals surface area contributed by atoms with Crippen molar-refractivity contribution in [1.82, 2.24) is 4.90 Å². The summed E-state index contributed by atoms with van der Waals surface area (Å²) in [5.41, 5.74) is 2.51. The van der Waals surface area contributed by atoms with Crippen molar-refractivity contribution in [2.24, 2.45) is 0 Å². The van der Waals surface area contributed by atoms with Crippen LogP contribution in [0.15, 0.2) is 35.7 Å². The van der Waals surface area contributed by atoms with E-state index in [2.05, 4.69) is 51.1 Å². The van der Waals surface area contributed by atoms with Crippen LogP contribution >= 0.6 is 33.9 Å². The molecule has 1 aliphatic rings. The Labute approximate surface area is 130 Å². The van der Waals surface area contributed by atoms with Crippen molar-refractivity contribution in [2.75, 3.05) is 6.54 Å². The van der Waals surface area contributed by atoms with Crippen molar-refractivity contribution >= 4 is 40.2 Å². The fourth-order valence-corrected chi connectivity index (χ4v) is 4.17. The molecule has 4 heteroatoms. The van der Waals surface area contributed by atoms with E-state index in [1.54, 1.807) is 0 Å². The first-order valence-electron chi connectivity index (χ1n) is 6.28. The number of hydrogen-bond acceptors (Lipinski definition) is 3. The zero-order valence-electron chi connectivity index (χ0n) is 10.4. The van der Waals surface area contributed by atoms with Crippen LogP contribution in [0.2, 0.25) is 0 Å². The molecule has 0 bridgehead atoms. The average molecular weight is 383 g/mol. The summed E-state index contributed by atoms with van der Waals surface area (Å²) in [6.07, 6.45) is 2.13. The monoisotopic (exact) mass is 383 g/mol. The summed E-state index contributed by atoms with van der Waals surface area (Å²) >= 11 is 4.14. The van der Waals surface area contributed by atoms with E-state index < -0.39 is 0 Å². The van der Waals surface area contributed by atoms with Crippen LogP contribution in [-0.4, -0.2) is 17.7 Å². The second-order valence-corrected chi connectivity index (χ2v) is 6.85. The highest BCUT2D eigenvalue weighted by molar-refractivity contribution is 14.1. The van der Waals surface area contributed by atoms with E-state index in [9.17, 15) is 4.79 Å². The van der Waals surface area contributed by atoms with Crippen molar-refractivity contribution in [3.63, 3.8) is 0 Å². The lowest BCUT2D eigenvalue weighted by atomic mass is 10.0. The highest BCUT2D eigenvalue weighted by atomic mass is 127. The lowest BCUT2D eigenvalue weighted by Gasteiger charge is -2.32. The minimum atomic E-state index is -0.124. The minimum Gasteiger partial charge on any atom is -0.301 e. The smallest absolute Gasteiger partial charge is 0.141 e. The molecular weight excluding hydrogens is 369 g/mol. The van der Waals surface area contributed by atoms with Gasteiger partial charge in [0, 0.05) is 21.5 Å². The molecule has 0 saturated heterocycles. The van der Waals surface area contributed by atoms with Crippen molar-refractivity contribution in [2.45, 2.75) is 19.0 Å². The molecule has 0 radical (unpaired) electrons. The van der Waals surface area contributed by atoms with Crippen molar-refractivity contribution in [3.8, 4) is 0 Å². The van der Waals surface area contributed by atoms with Gasteiger partial charge < -0.3 is 4.79 Å². The molecule has 2 nitrogen and oxygen atoms in total. The van der Waals surface area contributed by atoms with Gasteiger partial charge in [-0.25, -0.2) is 0 Å². The van der Waals surface area contributed by atoms with Crippen LogP contribution in [0.25, 0.3) is 0 Å². The quantitative estimate of drug-likeness (QED) is 0.596. The van der Waals surface area contributed by atoms with Crippen molar-refractivity contribution < 1.29 is 4.79 Å². The van der Waals surface area contributed by atoms with E-state index in [-0.39, 0.29) is 6.04 Å². The molecule has 0 saturated carbocycles. The molecule has 3 rings (SSSR count). The molecule has 0 spiro atoms. The van der Waals surface area contributed by atoms with Crippen LogP contribution in [0.1, 0.15) is 22.0 Å². The largest absolute Gasteiger partial charge is 0.301 e. The van der Waals surface area contributed by atoms with Crippen LogP contribution in [0.4, 0.5) is 0 Å². The molecule has 19 heavy (non-hydrogen) atoms. The molecule has 0 fully saturated rings. The predicted molar refractivity (Wildman–Crippen MR) is 86.4 cm³/mol. The molecule has 0 aliphatic carbocycles. The Morgan fingerprint density at radius 1 is 1.32 bits per heavy atom. The standard InChI is InChI=1S/C15H14INOS/c16-13-4-2-1-3-12(13)14(10-18)17-7-5-15-11(9-17)6-8-19-15/h1-4,6,8,10,14H,5,7,9H2/t14-/m0/s1. The van der Waals surface area contributed by atoms with Gasteiger partial charge in [-0.1, -0.05) is 18.2 Å². The third-order valence-electron chi connectivity index (χ3n) is 3.58. The van der Waals surface area contributed by atoms with E-state index in [4.69, 9.17) is 0 Å². The van der Waals surface area contributed by atoms with E-state index in [0.717, 1.165) is 34.9 Å². The molecule has 1 aromatic heterocycles. The fourth-order valence-electron chi connectivity index (χ4n) is 2.58. The first kappa shape index (κ1) is 13.3. The topological polar surface area (TPSA) is 20.3 Å². The minimum absolute atomic E-state index is 0.124. The number of hydrogen-bond donors (Lipinski definition) is 0. The molecule has 1 aliphatic heterocycles. The number of aldehydes is 1. The lowest BCUT2D eigenvalue weighted by Crippen LogP contribution is -2.34. The molecule has 1 aromatic carbocycles. The van der Waals surface area contributed by atoms with Gasteiger partial charge in [0.25, 0.3) is 0 Å². The van der Waals surface area contributed by atoms with Gasteiger partial charge in [0.2, 0.25) is 0 Å². The van der Waals surface area contributed by atoms with Gasteiger partial charge in [0.1, 0.15) is 6.29 Å². The normalized spacial score (nSPS) is 16.9. The summed E-state index contributed by atoms with van der Waals surface area (Å²) in [6, 6.07) is 10.2. The number of fused-ring (bicyclic) bond motifs is 1. The second-order valence-electron chi connectivity index (χ2n) is 4.69. The van der Waals surface area contributed by atoms with Crippen LogP contribution < -0.4 is 0 Å². The van der Waals surface area contributed by atoms with Gasteiger partial charge in [-0.05, 0) is 57.7 Å². The van der Waals surface area contributed by atoms with Gasteiger partial charge in [0.15, 0.2) is 0 Å². The zero-order chi connectivity index (χ0) is 13.2. The third kappa shape index (κ3) is 2.61. The number of carbonyl (C=O) groups excluding carboxylic acids is 1. The van der Waals surface area contributed by atoms with Gasteiger partial charge in [0.05, 0.1) is 6.04 Å². The Morgan fingerprint density at radius 3 is 2.95 bits per heavy atom. The average Bonchev–Trinajstić information content (AvgIpc) is 2.89.